The Hall–Kier alpha value is -1.88. The van der Waals surface area contributed by atoms with Crippen molar-refractivity contribution in [3.8, 4) is 5.88 Å². The van der Waals surface area contributed by atoms with Crippen molar-refractivity contribution in [1.82, 2.24) is 4.98 Å². The summed E-state index contributed by atoms with van der Waals surface area (Å²) in [7, 11) is 0. The maximum Gasteiger partial charge on any atom is 0.351 e. The van der Waals surface area contributed by atoms with Gasteiger partial charge in [-0.05, 0) is 12.0 Å². The van der Waals surface area contributed by atoms with Crippen LogP contribution in [0.4, 0.5) is 0 Å². The highest BCUT2D eigenvalue weighted by molar-refractivity contribution is 7.13. The standard InChI is InChI=1S/C12H11NO3S/c14-11-10(12(15)16)17-9(13-11)7-6-8-4-2-1-3-5-8/h1-5,14H,6-7H2,(H,15,16). The van der Waals surface area contributed by atoms with Gasteiger partial charge in [-0.15, -0.1) is 11.3 Å². The zero-order chi connectivity index (χ0) is 12.3. The number of aromatic nitrogens is 1. The van der Waals surface area contributed by atoms with Crippen molar-refractivity contribution in [2.24, 2.45) is 0 Å². The molecule has 0 aliphatic carbocycles. The lowest BCUT2D eigenvalue weighted by molar-refractivity contribution is 0.0699. The van der Waals surface area contributed by atoms with E-state index < -0.39 is 5.97 Å². The van der Waals surface area contributed by atoms with Gasteiger partial charge < -0.3 is 10.2 Å². The summed E-state index contributed by atoms with van der Waals surface area (Å²) < 4.78 is 0. The Morgan fingerprint density at radius 3 is 2.53 bits per heavy atom. The lowest BCUT2D eigenvalue weighted by Crippen LogP contribution is -1.91. The zero-order valence-corrected chi connectivity index (χ0v) is 9.78. The van der Waals surface area contributed by atoms with Crippen LogP contribution in [0.3, 0.4) is 0 Å². The molecule has 2 N–H and O–H groups in total. The first-order valence-corrected chi connectivity index (χ1v) is 5.94. The predicted molar refractivity (Wildman–Crippen MR) is 64.6 cm³/mol. The Bertz CT molecular complexity index is 522. The highest BCUT2D eigenvalue weighted by atomic mass is 32.1. The summed E-state index contributed by atoms with van der Waals surface area (Å²) in [5.41, 5.74) is 1.17. The number of benzene rings is 1. The molecule has 0 bridgehead atoms. The molecule has 0 aliphatic heterocycles. The molecule has 5 heteroatoms. The topological polar surface area (TPSA) is 70.4 Å². The van der Waals surface area contributed by atoms with Crippen molar-refractivity contribution in [2.75, 3.05) is 0 Å². The monoisotopic (exact) mass is 249 g/mol. The van der Waals surface area contributed by atoms with E-state index in [9.17, 15) is 9.90 Å². The number of carboxylic acid groups (broad SMARTS) is 1. The molecular formula is C12H11NO3S. The number of aromatic carboxylic acids is 1. The average molecular weight is 249 g/mol. The Labute approximate surface area is 102 Å². The number of rotatable bonds is 4. The third-order valence-corrected chi connectivity index (χ3v) is 3.41. The first-order valence-electron chi connectivity index (χ1n) is 5.12. The Balaban J connectivity index is 2.05. The molecule has 1 aromatic carbocycles. The normalized spacial score (nSPS) is 10.4. The molecule has 88 valence electrons. The summed E-state index contributed by atoms with van der Waals surface area (Å²) in [6.07, 6.45) is 1.42. The molecule has 0 fully saturated rings. The van der Waals surface area contributed by atoms with Gasteiger partial charge in [0.1, 0.15) is 0 Å². The molecule has 1 heterocycles. The molecule has 1 aromatic heterocycles. The average Bonchev–Trinajstić information content (AvgIpc) is 2.69. The Morgan fingerprint density at radius 1 is 1.24 bits per heavy atom. The second-order valence-corrected chi connectivity index (χ2v) is 4.63. The molecule has 0 atom stereocenters. The molecule has 0 saturated carbocycles. The van der Waals surface area contributed by atoms with Crippen LogP contribution in [-0.4, -0.2) is 21.2 Å². The number of carboxylic acids is 1. The van der Waals surface area contributed by atoms with E-state index in [0.29, 0.717) is 11.4 Å². The molecule has 0 saturated heterocycles. The summed E-state index contributed by atoms with van der Waals surface area (Å²) in [5.74, 6) is -1.52. The number of hydrogen-bond acceptors (Lipinski definition) is 4. The number of aromatic hydroxyl groups is 1. The van der Waals surface area contributed by atoms with E-state index in [1.165, 1.54) is 5.56 Å². The molecule has 0 unspecified atom stereocenters. The van der Waals surface area contributed by atoms with E-state index in [1.807, 2.05) is 30.3 Å². The fourth-order valence-corrected chi connectivity index (χ4v) is 2.29. The van der Waals surface area contributed by atoms with E-state index >= 15 is 0 Å². The fourth-order valence-electron chi connectivity index (χ4n) is 1.50. The van der Waals surface area contributed by atoms with Crippen molar-refractivity contribution in [2.45, 2.75) is 12.8 Å². The van der Waals surface area contributed by atoms with Gasteiger partial charge in [0, 0.05) is 6.42 Å². The minimum Gasteiger partial charge on any atom is -0.492 e. The maximum absolute atomic E-state index is 10.7. The number of thiazole rings is 1. The minimum atomic E-state index is -1.13. The molecule has 0 amide bonds. The van der Waals surface area contributed by atoms with E-state index in [2.05, 4.69) is 4.98 Å². The van der Waals surface area contributed by atoms with Crippen LogP contribution in [0.15, 0.2) is 30.3 Å². The molecule has 17 heavy (non-hydrogen) atoms. The van der Waals surface area contributed by atoms with Gasteiger partial charge in [-0.1, -0.05) is 30.3 Å². The van der Waals surface area contributed by atoms with Gasteiger partial charge in [0.25, 0.3) is 0 Å². The summed E-state index contributed by atoms with van der Waals surface area (Å²) >= 11 is 1.03. The predicted octanol–water partition coefficient (Wildman–Crippen LogP) is 2.33. The number of nitrogens with zero attached hydrogens (tertiary/aromatic N) is 1. The number of hydrogen-bond donors (Lipinski definition) is 2. The lowest BCUT2D eigenvalue weighted by atomic mass is 10.1. The van der Waals surface area contributed by atoms with Gasteiger partial charge in [0.2, 0.25) is 5.88 Å². The summed E-state index contributed by atoms with van der Waals surface area (Å²) in [6.45, 7) is 0. The SMILES string of the molecule is O=C(O)c1sc(CCc2ccccc2)nc1O. The molecule has 4 nitrogen and oxygen atoms in total. The quantitative estimate of drug-likeness (QED) is 0.872. The maximum atomic E-state index is 10.7. The summed E-state index contributed by atoms with van der Waals surface area (Å²) in [6, 6.07) is 9.87. The van der Waals surface area contributed by atoms with Crippen LogP contribution < -0.4 is 0 Å². The lowest BCUT2D eigenvalue weighted by Gasteiger charge is -1.97. The van der Waals surface area contributed by atoms with Crippen molar-refractivity contribution in [3.05, 3.63) is 45.8 Å². The van der Waals surface area contributed by atoms with Gasteiger partial charge in [-0.25, -0.2) is 9.78 Å². The van der Waals surface area contributed by atoms with Crippen molar-refractivity contribution in [1.29, 1.82) is 0 Å². The zero-order valence-electron chi connectivity index (χ0n) is 8.96. The van der Waals surface area contributed by atoms with E-state index in [0.717, 1.165) is 17.8 Å². The second-order valence-electron chi connectivity index (χ2n) is 3.55. The van der Waals surface area contributed by atoms with Crippen LogP contribution in [0.25, 0.3) is 0 Å². The molecule has 2 aromatic rings. The molecule has 0 aliphatic rings. The van der Waals surface area contributed by atoms with Gasteiger partial charge >= 0.3 is 5.97 Å². The van der Waals surface area contributed by atoms with Crippen molar-refractivity contribution < 1.29 is 15.0 Å². The van der Waals surface area contributed by atoms with Crippen molar-refractivity contribution >= 4 is 17.3 Å². The van der Waals surface area contributed by atoms with Crippen LogP contribution in [-0.2, 0) is 12.8 Å². The number of aryl methyl sites for hydroxylation is 2. The van der Waals surface area contributed by atoms with Crippen LogP contribution >= 0.6 is 11.3 Å². The Morgan fingerprint density at radius 2 is 1.94 bits per heavy atom. The number of carbonyl (C=O) groups is 1. The van der Waals surface area contributed by atoms with Gasteiger partial charge in [0.05, 0.1) is 5.01 Å². The largest absolute Gasteiger partial charge is 0.492 e. The highest BCUT2D eigenvalue weighted by Gasteiger charge is 2.16. The van der Waals surface area contributed by atoms with Crippen LogP contribution in [0, 0.1) is 0 Å². The minimum absolute atomic E-state index is 0.0898. The van der Waals surface area contributed by atoms with Crippen LogP contribution in [0.5, 0.6) is 5.88 Å². The van der Waals surface area contributed by atoms with Crippen LogP contribution in [0.2, 0.25) is 0 Å². The van der Waals surface area contributed by atoms with Gasteiger partial charge in [0.15, 0.2) is 4.88 Å². The molecule has 0 radical (unpaired) electrons. The molecule has 2 rings (SSSR count). The van der Waals surface area contributed by atoms with Crippen molar-refractivity contribution in [3.63, 3.8) is 0 Å². The summed E-state index contributed by atoms with van der Waals surface area (Å²) in [5, 5.41) is 18.7. The second kappa shape index (κ2) is 4.97. The molecule has 0 spiro atoms. The first kappa shape index (κ1) is 11.6. The highest BCUT2D eigenvalue weighted by Crippen LogP contribution is 2.24. The van der Waals surface area contributed by atoms with Crippen LogP contribution in [0.1, 0.15) is 20.2 Å². The smallest absolute Gasteiger partial charge is 0.351 e. The Kier molecular flexibility index (Phi) is 3.39. The third-order valence-electron chi connectivity index (χ3n) is 2.32. The van der Waals surface area contributed by atoms with Gasteiger partial charge in [-0.3, -0.25) is 0 Å². The van der Waals surface area contributed by atoms with Gasteiger partial charge in [-0.2, -0.15) is 0 Å². The fraction of sp³-hybridized carbons (Fsp3) is 0.167. The van der Waals surface area contributed by atoms with E-state index in [-0.39, 0.29) is 10.8 Å². The summed E-state index contributed by atoms with van der Waals surface area (Å²) in [4.78, 5) is 14.5. The molecular weight excluding hydrogens is 238 g/mol. The first-order chi connectivity index (χ1) is 8.16. The van der Waals surface area contributed by atoms with E-state index in [1.54, 1.807) is 0 Å². The third kappa shape index (κ3) is 2.82. The van der Waals surface area contributed by atoms with E-state index in [4.69, 9.17) is 5.11 Å².